The molecule has 0 aromatic heterocycles. The minimum absolute atomic E-state index is 0.0111. The molecule has 26 heavy (non-hydrogen) atoms. The van der Waals surface area contributed by atoms with E-state index in [4.69, 9.17) is 39.4 Å². The normalized spacial score (nSPS) is 12.0. The molecule has 0 spiro atoms. The Morgan fingerprint density at radius 2 is 1.88 bits per heavy atom. The van der Waals surface area contributed by atoms with E-state index in [9.17, 15) is 15.0 Å². The molecule has 9 heteroatoms. The van der Waals surface area contributed by atoms with Crippen LogP contribution in [0.2, 0.25) is 10.0 Å². The molecule has 7 nitrogen and oxygen atoms in total. The number of nitrogen functional groups attached to an aromatic ring is 1. The van der Waals surface area contributed by atoms with Crippen molar-refractivity contribution in [2.75, 3.05) is 25.4 Å². The molecule has 1 unspecified atom stereocenters. The molecule has 0 saturated heterocycles. The third-order valence-corrected chi connectivity index (χ3v) is 4.23. The number of nitrogens with two attached hydrogens (primary N) is 2. The number of aliphatic hydroxyl groups excluding tert-OH is 1. The summed E-state index contributed by atoms with van der Waals surface area (Å²) in [5, 5.41) is 23.3. The van der Waals surface area contributed by atoms with Gasteiger partial charge in [-0.05, 0) is 35.9 Å². The average molecular weight is 400 g/mol. The summed E-state index contributed by atoms with van der Waals surface area (Å²) in [6.45, 7) is 0.960. The molecule has 0 bridgehead atoms. The van der Waals surface area contributed by atoms with Gasteiger partial charge in [-0.2, -0.15) is 0 Å². The lowest BCUT2D eigenvalue weighted by Crippen LogP contribution is -2.26. The molecule has 0 heterocycles. The molecule has 0 aliphatic heterocycles. The summed E-state index contributed by atoms with van der Waals surface area (Å²) in [4.78, 5) is 11.2. The van der Waals surface area contributed by atoms with E-state index in [-0.39, 0.29) is 40.2 Å². The molecule has 7 N–H and O–H groups in total. The summed E-state index contributed by atoms with van der Waals surface area (Å²) in [5.41, 5.74) is 11.6. The van der Waals surface area contributed by atoms with Gasteiger partial charge in [-0.25, -0.2) is 0 Å². The van der Waals surface area contributed by atoms with Gasteiger partial charge in [0.25, 0.3) is 5.91 Å². The maximum atomic E-state index is 11.2. The summed E-state index contributed by atoms with van der Waals surface area (Å²) in [7, 11) is 0. The maximum absolute atomic E-state index is 11.2. The predicted molar refractivity (Wildman–Crippen MR) is 101 cm³/mol. The van der Waals surface area contributed by atoms with Crippen LogP contribution in [0.15, 0.2) is 30.3 Å². The topological polar surface area (TPSA) is 131 Å². The summed E-state index contributed by atoms with van der Waals surface area (Å²) in [6, 6.07) is 7.35. The van der Waals surface area contributed by atoms with Crippen LogP contribution in [-0.4, -0.2) is 35.8 Å². The first-order valence-electron chi connectivity index (χ1n) is 7.68. The van der Waals surface area contributed by atoms with Crippen LogP contribution in [0.1, 0.15) is 22.0 Å². The molecule has 1 atom stereocenters. The lowest BCUT2D eigenvalue weighted by molar-refractivity contribution is 0.0997. The molecular weight excluding hydrogens is 381 g/mol. The predicted octanol–water partition coefficient (Wildman–Crippen LogP) is 2.08. The number of rotatable bonds is 8. The van der Waals surface area contributed by atoms with Crippen molar-refractivity contribution in [2.45, 2.75) is 6.10 Å². The summed E-state index contributed by atoms with van der Waals surface area (Å²) in [6.07, 6.45) is -0.819. The van der Waals surface area contributed by atoms with Crippen LogP contribution in [-0.2, 0) is 0 Å². The van der Waals surface area contributed by atoms with Crippen molar-refractivity contribution in [3.8, 4) is 11.5 Å². The number of nitrogens with one attached hydrogen (secondary N) is 1. The molecular formula is C17H19Cl2N3O4. The molecule has 1 amide bonds. The van der Waals surface area contributed by atoms with Crippen LogP contribution in [0.4, 0.5) is 5.69 Å². The van der Waals surface area contributed by atoms with Crippen molar-refractivity contribution >= 4 is 34.8 Å². The second-order valence-electron chi connectivity index (χ2n) is 5.51. The van der Waals surface area contributed by atoms with Gasteiger partial charge in [0, 0.05) is 13.1 Å². The molecule has 0 fully saturated rings. The van der Waals surface area contributed by atoms with Crippen molar-refractivity contribution in [1.29, 1.82) is 0 Å². The quantitative estimate of drug-likeness (QED) is 0.341. The fourth-order valence-electron chi connectivity index (χ4n) is 2.20. The van der Waals surface area contributed by atoms with E-state index in [2.05, 4.69) is 5.32 Å². The van der Waals surface area contributed by atoms with E-state index in [1.807, 2.05) is 0 Å². The molecule has 140 valence electrons. The van der Waals surface area contributed by atoms with E-state index >= 15 is 0 Å². The van der Waals surface area contributed by atoms with Gasteiger partial charge in [-0.15, -0.1) is 0 Å². The van der Waals surface area contributed by atoms with Crippen LogP contribution in [0, 0.1) is 0 Å². The number of phenols is 1. The third-order valence-electron chi connectivity index (χ3n) is 3.60. The van der Waals surface area contributed by atoms with Crippen molar-refractivity contribution in [1.82, 2.24) is 5.32 Å². The Kier molecular flexibility index (Phi) is 6.93. The number of amides is 1. The molecule has 2 rings (SSSR count). The van der Waals surface area contributed by atoms with Gasteiger partial charge in [0.1, 0.15) is 18.1 Å². The highest BCUT2D eigenvalue weighted by Gasteiger charge is 2.12. The second-order valence-corrected chi connectivity index (χ2v) is 6.32. The van der Waals surface area contributed by atoms with Crippen LogP contribution in [0.5, 0.6) is 11.5 Å². The number of halogens is 2. The molecule has 2 aromatic rings. The fourth-order valence-corrected chi connectivity index (χ4v) is 2.70. The number of anilines is 1. The average Bonchev–Trinajstić information content (AvgIpc) is 2.59. The summed E-state index contributed by atoms with van der Waals surface area (Å²) < 4.78 is 5.47. The Bertz CT molecular complexity index is 779. The Hall–Kier alpha value is -2.19. The first-order chi connectivity index (χ1) is 12.3. The van der Waals surface area contributed by atoms with Gasteiger partial charge in [0.15, 0.2) is 0 Å². The Balaban J connectivity index is 1.80. The molecule has 0 aliphatic rings. The Labute approximate surface area is 160 Å². The molecule has 0 radical (unpaired) electrons. The lowest BCUT2D eigenvalue weighted by atomic mass is 10.1. The highest BCUT2D eigenvalue weighted by atomic mass is 35.5. The number of hydrogen-bond acceptors (Lipinski definition) is 6. The zero-order chi connectivity index (χ0) is 19.3. The molecule has 0 aliphatic carbocycles. The smallest absolute Gasteiger partial charge is 0.252 e. The van der Waals surface area contributed by atoms with Gasteiger partial charge < -0.3 is 31.7 Å². The standard InChI is InChI=1S/C17H19Cl2N3O4/c18-12-5-9(6-13(19)16(12)20)15(24)8-22-3-4-26-10-1-2-14(23)11(7-10)17(21)25/h1-2,5-7,15,22-24H,3-4,8,20H2,(H2,21,25). The van der Waals surface area contributed by atoms with Crippen molar-refractivity contribution < 1.29 is 19.7 Å². The highest BCUT2D eigenvalue weighted by molar-refractivity contribution is 6.38. The van der Waals surface area contributed by atoms with Crippen LogP contribution in [0.3, 0.4) is 0 Å². The monoisotopic (exact) mass is 399 g/mol. The van der Waals surface area contributed by atoms with Crippen molar-refractivity contribution in [2.24, 2.45) is 5.73 Å². The number of benzene rings is 2. The van der Waals surface area contributed by atoms with Crippen LogP contribution >= 0.6 is 23.2 Å². The zero-order valence-corrected chi connectivity index (χ0v) is 15.2. The Morgan fingerprint density at radius 3 is 2.50 bits per heavy atom. The largest absolute Gasteiger partial charge is 0.507 e. The first-order valence-corrected chi connectivity index (χ1v) is 8.44. The fraction of sp³-hybridized carbons (Fsp3) is 0.235. The third kappa shape index (κ3) is 5.15. The van der Waals surface area contributed by atoms with E-state index in [1.54, 1.807) is 12.1 Å². The minimum Gasteiger partial charge on any atom is -0.507 e. The lowest BCUT2D eigenvalue weighted by Gasteiger charge is -2.14. The van der Waals surface area contributed by atoms with E-state index in [0.717, 1.165) is 0 Å². The number of primary amides is 1. The second kappa shape index (κ2) is 8.95. The van der Waals surface area contributed by atoms with Crippen molar-refractivity contribution in [3.63, 3.8) is 0 Å². The SMILES string of the molecule is NC(=O)c1cc(OCCNCC(O)c2cc(Cl)c(N)c(Cl)c2)ccc1O. The van der Waals surface area contributed by atoms with Gasteiger partial charge in [-0.1, -0.05) is 23.2 Å². The summed E-state index contributed by atoms with van der Waals surface area (Å²) >= 11 is 11.9. The first kappa shape index (κ1) is 20.1. The highest BCUT2D eigenvalue weighted by Crippen LogP contribution is 2.31. The Morgan fingerprint density at radius 1 is 1.23 bits per heavy atom. The number of carbonyl (C=O) groups excluding carboxylic acids is 1. The maximum Gasteiger partial charge on any atom is 0.252 e. The van der Waals surface area contributed by atoms with Crippen LogP contribution < -0.4 is 21.5 Å². The van der Waals surface area contributed by atoms with Gasteiger partial charge >= 0.3 is 0 Å². The zero-order valence-electron chi connectivity index (χ0n) is 13.7. The van der Waals surface area contributed by atoms with Gasteiger partial charge in [0.2, 0.25) is 0 Å². The van der Waals surface area contributed by atoms with Gasteiger partial charge in [0.05, 0.1) is 27.4 Å². The van der Waals surface area contributed by atoms with Crippen molar-refractivity contribution in [3.05, 3.63) is 51.5 Å². The van der Waals surface area contributed by atoms with E-state index in [1.165, 1.54) is 18.2 Å². The number of aliphatic hydroxyl groups is 1. The molecule has 2 aromatic carbocycles. The van der Waals surface area contributed by atoms with E-state index < -0.39 is 12.0 Å². The molecule has 0 saturated carbocycles. The van der Waals surface area contributed by atoms with E-state index in [0.29, 0.717) is 17.9 Å². The number of ether oxygens (including phenoxy) is 1. The number of carbonyl (C=O) groups is 1. The number of hydrogen-bond donors (Lipinski definition) is 5. The van der Waals surface area contributed by atoms with Crippen LogP contribution in [0.25, 0.3) is 0 Å². The minimum atomic E-state index is -0.819. The number of aromatic hydroxyl groups is 1. The van der Waals surface area contributed by atoms with Gasteiger partial charge in [-0.3, -0.25) is 4.79 Å². The summed E-state index contributed by atoms with van der Waals surface area (Å²) in [5.74, 6) is -0.544.